The molecule has 1 aromatic heterocycles. The van der Waals surface area contributed by atoms with Crippen molar-refractivity contribution in [3.8, 4) is 44.8 Å². The molecule has 0 atom stereocenters. The van der Waals surface area contributed by atoms with Crippen LogP contribution in [-0.4, -0.2) is 4.98 Å². The Morgan fingerprint density at radius 3 is 1.72 bits per heavy atom. The van der Waals surface area contributed by atoms with Crippen molar-refractivity contribution in [2.24, 2.45) is 0 Å². The monoisotopic (exact) mass is 729 g/mol. The Balaban J connectivity index is 1.11. The van der Waals surface area contributed by atoms with Gasteiger partial charge in [-0.3, -0.25) is 0 Å². The van der Waals surface area contributed by atoms with Crippen molar-refractivity contribution in [2.45, 2.75) is 26.2 Å². The Morgan fingerprint density at radius 1 is 0.439 bits per heavy atom. The highest BCUT2D eigenvalue weighted by atomic mass is 16.3. The Bertz CT molecular complexity index is 3260. The van der Waals surface area contributed by atoms with Gasteiger partial charge in [0.05, 0.1) is 0 Å². The van der Waals surface area contributed by atoms with Crippen molar-refractivity contribution in [3.05, 3.63) is 188 Å². The largest absolute Gasteiger partial charge is 0.435 e. The molecule has 0 aliphatic rings. The summed E-state index contributed by atoms with van der Waals surface area (Å²) in [6, 6.07) is 66.4. The number of fused-ring (bicyclic) bond motifs is 8. The summed E-state index contributed by atoms with van der Waals surface area (Å²) in [6.45, 7) is 2.24. The van der Waals surface area contributed by atoms with Crippen molar-refractivity contribution >= 4 is 65.0 Å². The van der Waals surface area contributed by atoms with Crippen LogP contribution in [0.3, 0.4) is 0 Å². The molecule has 0 saturated heterocycles. The van der Waals surface area contributed by atoms with Crippen LogP contribution in [0.4, 0.5) is 0 Å². The molecular formula is C55H39NO. The Kier molecular flexibility index (Phi) is 7.96. The van der Waals surface area contributed by atoms with Crippen LogP contribution in [0.2, 0.25) is 0 Å². The van der Waals surface area contributed by atoms with E-state index in [1.54, 1.807) is 0 Å². The van der Waals surface area contributed by atoms with E-state index in [2.05, 4.69) is 189 Å². The molecule has 0 aliphatic carbocycles. The van der Waals surface area contributed by atoms with Crippen molar-refractivity contribution in [2.75, 3.05) is 0 Å². The quantitative estimate of drug-likeness (QED) is 0.121. The summed E-state index contributed by atoms with van der Waals surface area (Å²) in [4.78, 5) is 5.05. The summed E-state index contributed by atoms with van der Waals surface area (Å²) >= 11 is 0. The first-order valence-electron chi connectivity index (χ1n) is 20.1. The third-order valence-corrected chi connectivity index (χ3v) is 11.9. The summed E-state index contributed by atoms with van der Waals surface area (Å²) < 4.78 is 6.79. The van der Waals surface area contributed by atoms with Gasteiger partial charge in [0.2, 0.25) is 5.89 Å². The van der Waals surface area contributed by atoms with E-state index in [-0.39, 0.29) is 0 Å². The first kappa shape index (κ1) is 33.3. The number of rotatable bonds is 7. The van der Waals surface area contributed by atoms with Gasteiger partial charge in [0.15, 0.2) is 5.58 Å². The Morgan fingerprint density at radius 2 is 1.02 bits per heavy atom. The molecule has 0 N–H and O–H groups in total. The minimum atomic E-state index is 0.654. The lowest BCUT2D eigenvalue weighted by Gasteiger charge is -2.19. The van der Waals surface area contributed by atoms with Gasteiger partial charge in [0.1, 0.15) is 5.52 Å². The van der Waals surface area contributed by atoms with Crippen LogP contribution in [-0.2, 0) is 6.42 Å². The van der Waals surface area contributed by atoms with Crippen LogP contribution >= 0.6 is 0 Å². The zero-order valence-corrected chi connectivity index (χ0v) is 31.8. The fraction of sp³-hybridized carbons (Fsp3) is 0.0727. The van der Waals surface area contributed by atoms with Crippen molar-refractivity contribution in [1.82, 2.24) is 4.98 Å². The van der Waals surface area contributed by atoms with E-state index in [1.165, 1.54) is 89.5 Å². The molecule has 2 nitrogen and oxygen atoms in total. The maximum Gasteiger partial charge on any atom is 0.227 e. The van der Waals surface area contributed by atoms with Gasteiger partial charge in [0, 0.05) is 10.9 Å². The highest BCUT2D eigenvalue weighted by Gasteiger charge is 2.21. The fourth-order valence-corrected chi connectivity index (χ4v) is 9.02. The molecule has 0 bridgehead atoms. The lowest BCUT2D eigenvalue weighted by molar-refractivity contribution is 0.623. The summed E-state index contributed by atoms with van der Waals surface area (Å²) in [6.07, 6.45) is 3.47. The minimum absolute atomic E-state index is 0.654. The maximum atomic E-state index is 6.79. The predicted molar refractivity (Wildman–Crippen MR) is 242 cm³/mol. The molecule has 0 saturated carbocycles. The molecule has 10 aromatic carbocycles. The van der Waals surface area contributed by atoms with E-state index in [4.69, 9.17) is 9.40 Å². The van der Waals surface area contributed by atoms with Crippen molar-refractivity contribution in [1.29, 1.82) is 0 Å². The number of hydrogen-bond donors (Lipinski definition) is 0. The van der Waals surface area contributed by atoms with E-state index >= 15 is 0 Å². The summed E-state index contributed by atoms with van der Waals surface area (Å²) in [5, 5.41) is 12.0. The molecule has 1 heterocycles. The first-order chi connectivity index (χ1) is 28.2. The smallest absolute Gasteiger partial charge is 0.227 e. The van der Waals surface area contributed by atoms with E-state index in [9.17, 15) is 0 Å². The standard InChI is InChI=1S/C55H39NO/c1-2-3-12-35-21-23-39(24-22-35)55-56-50-32-31-48-49(34-42-15-6-7-16-43(42)53(48)54(50)57-55)52-46-19-10-8-17-44(46)51(45-18-9-11-20-47(45)52)38-28-25-37(26-29-38)41-30-27-36-13-4-5-14-40(36)33-41/h4-11,13-34H,2-3,12H2,1H3. The first-order valence-corrected chi connectivity index (χ1v) is 20.1. The van der Waals surface area contributed by atoms with Crippen LogP contribution in [0.1, 0.15) is 25.3 Å². The predicted octanol–water partition coefficient (Wildman–Crippen LogP) is 15.6. The van der Waals surface area contributed by atoms with Crippen LogP contribution in [0.15, 0.2) is 186 Å². The van der Waals surface area contributed by atoms with Crippen LogP contribution < -0.4 is 0 Å². The number of oxazole rings is 1. The zero-order chi connectivity index (χ0) is 37.9. The SMILES string of the molecule is CCCCc1ccc(-c2nc3ccc4c(-c5c6ccccc6c(-c6ccc(-c7ccc8ccccc8c7)cc6)c6ccccc56)cc5ccccc5c4c3o2)cc1. The summed E-state index contributed by atoms with van der Waals surface area (Å²) in [7, 11) is 0. The number of aromatic nitrogens is 1. The number of nitrogens with zero attached hydrogens (tertiary/aromatic N) is 1. The second-order valence-electron chi connectivity index (χ2n) is 15.3. The molecule has 2 heteroatoms. The third kappa shape index (κ3) is 5.59. The molecule has 11 rings (SSSR count). The Labute approximate surface area is 331 Å². The minimum Gasteiger partial charge on any atom is -0.435 e. The summed E-state index contributed by atoms with van der Waals surface area (Å²) in [5.74, 6) is 0.654. The molecule has 0 amide bonds. The van der Waals surface area contributed by atoms with Gasteiger partial charge in [-0.25, -0.2) is 4.98 Å². The van der Waals surface area contributed by atoms with Gasteiger partial charge in [-0.15, -0.1) is 0 Å². The highest BCUT2D eigenvalue weighted by Crippen LogP contribution is 2.48. The molecule has 0 aliphatic heterocycles. The van der Waals surface area contributed by atoms with Gasteiger partial charge in [0.25, 0.3) is 0 Å². The number of unbranched alkanes of at least 4 members (excludes halogenated alkanes) is 1. The van der Waals surface area contributed by atoms with E-state index in [0.29, 0.717) is 5.89 Å². The lowest BCUT2D eigenvalue weighted by Crippen LogP contribution is -1.92. The number of aryl methyl sites for hydroxylation is 1. The zero-order valence-electron chi connectivity index (χ0n) is 31.8. The van der Waals surface area contributed by atoms with Gasteiger partial charge in [-0.2, -0.15) is 0 Å². The second kappa shape index (κ2) is 13.6. The molecule has 57 heavy (non-hydrogen) atoms. The van der Waals surface area contributed by atoms with E-state index < -0.39 is 0 Å². The molecule has 0 spiro atoms. The topological polar surface area (TPSA) is 26.0 Å². The van der Waals surface area contributed by atoms with Gasteiger partial charge in [-0.1, -0.05) is 165 Å². The highest BCUT2D eigenvalue weighted by molar-refractivity contribution is 6.28. The average Bonchev–Trinajstić information content (AvgIpc) is 3.72. The number of hydrogen-bond acceptors (Lipinski definition) is 2. The molecule has 0 unspecified atom stereocenters. The third-order valence-electron chi connectivity index (χ3n) is 11.9. The van der Waals surface area contributed by atoms with E-state index in [0.717, 1.165) is 39.2 Å². The van der Waals surface area contributed by atoms with Crippen molar-refractivity contribution in [3.63, 3.8) is 0 Å². The molecule has 0 fully saturated rings. The van der Waals surface area contributed by atoms with Gasteiger partial charge in [-0.05, 0) is 131 Å². The van der Waals surface area contributed by atoms with Gasteiger partial charge < -0.3 is 4.42 Å². The second-order valence-corrected chi connectivity index (χ2v) is 15.3. The van der Waals surface area contributed by atoms with Gasteiger partial charge >= 0.3 is 0 Å². The van der Waals surface area contributed by atoms with Crippen LogP contribution in [0.5, 0.6) is 0 Å². The number of benzene rings is 10. The summed E-state index contributed by atoms with van der Waals surface area (Å²) in [5.41, 5.74) is 11.4. The molecular weight excluding hydrogens is 691 g/mol. The average molecular weight is 730 g/mol. The lowest BCUT2D eigenvalue weighted by atomic mass is 9.83. The van der Waals surface area contributed by atoms with Crippen molar-refractivity contribution < 1.29 is 4.42 Å². The molecule has 11 aromatic rings. The molecule has 0 radical (unpaired) electrons. The van der Waals surface area contributed by atoms with Crippen LogP contribution in [0.25, 0.3) is 110 Å². The Hall–Kier alpha value is -7.03. The molecule has 270 valence electrons. The van der Waals surface area contributed by atoms with E-state index in [1.807, 2.05) is 0 Å². The fourth-order valence-electron chi connectivity index (χ4n) is 9.02. The normalized spacial score (nSPS) is 11.8. The maximum absolute atomic E-state index is 6.79. The van der Waals surface area contributed by atoms with Crippen LogP contribution in [0, 0.1) is 0 Å².